The Labute approximate surface area is 404 Å². The molecule has 356 valence electrons. The number of aromatic nitrogens is 2. The van der Waals surface area contributed by atoms with Crippen molar-refractivity contribution < 1.29 is 17.9 Å². The maximum Gasteiger partial charge on any atom is 0.211 e. The van der Waals surface area contributed by atoms with Gasteiger partial charge in [0.25, 0.3) is 0 Å². The van der Waals surface area contributed by atoms with E-state index in [4.69, 9.17) is 9.47 Å². The molecule has 4 aliphatic heterocycles. The Balaban J connectivity index is 0.000000135. The maximum absolute atomic E-state index is 12.3. The van der Waals surface area contributed by atoms with Crippen LogP contribution in [0.2, 0.25) is 0 Å². The zero-order chi connectivity index (χ0) is 46.5. The number of hydrogen-bond acceptors (Lipinski definition) is 7. The summed E-state index contributed by atoms with van der Waals surface area (Å²) in [5, 5.41) is 8.57. The van der Waals surface area contributed by atoms with Gasteiger partial charge in [0.1, 0.15) is 0 Å². The van der Waals surface area contributed by atoms with Crippen molar-refractivity contribution in [3.05, 3.63) is 131 Å². The number of hydrogen-bond donors (Lipinski definition) is 1. The highest BCUT2D eigenvalue weighted by Crippen LogP contribution is 2.71. The highest BCUT2D eigenvalue weighted by molar-refractivity contribution is 7.88. The van der Waals surface area contributed by atoms with Gasteiger partial charge in [0.05, 0.1) is 28.7 Å². The van der Waals surface area contributed by atoms with Crippen LogP contribution in [0.25, 0.3) is 21.5 Å². The summed E-state index contributed by atoms with van der Waals surface area (Å²) >= 11 is 0. The normalized spacial score (nSPS) is 40.7. The van der Waals surface area contributed by atoms with Gasteiger partial charge in [-0.05, 0) is 213 Å². The van der Waals surface area contributed by atoms with Gasteiger partial charge in [0, 0.05) is 54.7 Å². The van der Waals surface area contributed by atoms with Crippen molar-refractivity contribution in [3.8, 4) is 0 Å². The van der Waals surface area contributed by atoms with E-state index in [1.807, 2.05) is 24.8 Å². The predicted molar refractivity (Wildman–Crippen MR) is 271 cm³/mol. The molecule has 2 aromatic carbocycles. The fourth-order valence-corrected chi connectivity index (χ4v) is 18.1. The van der Waals surface area contributed by atoms with E-state index < -0.39 is 10.0 Å². The molecule has 10 aliphatic rings. The summed E-state index contributed by atoms with van der Waals surface area (Å²) in [6, 6.07) is 18.8. The van der Waals surface area contributed by atoms with Gasteiger partial charge < -0.3 is 14.8 Å². The molecule has 4 aromatic rings. The van der Waals surface area contributed by atoms with Gasteiger partial charge in [0.15, 0.2) is 0 Å². The summed E-state index contributed by atoms with van der Waals surface area (Å²) in [4.78, 5) is 8.73. The van der Waals surface area contributed by atoms with Gasteiger partial charge in [0.2, 0.25) is 10.0 Å². The topological polar surface area (TPSA) is 93.7 Å². The van der Waals surface area contributed by atoms with Crippen LogP contribution in [0.5, 0.6) is 0 Å². The number of rotatable bonds is 5. The highest BCUT2D eigenvalue weighted by Gasteiger charge is 2.68. The molecule has 6 heterocycles. The molecule has 0 amide bonds. The third-order valence-corrected chi connectivity index (χ3v) is 22.3. The second-order valence-electron chi connectivity index (χ2n) is 23.8. The van der Waals surface area contributed by atoms with Crippen molar-refractivity contribution in [2.45, 2.75) is 163 Å². The molecule has 0 unspecified atom stereocenters. The molecule has 4 spiro atoms. The molecule has 68 heavy (non-hydrogen) atoms. The first-order valence-electron chi connectivity index (χ1n) is 26.2. The summed E-state index contributed by atoms with van der Waals surface area (Å²) in [5.41, 5.74) is 8.66. The molecule has 12 atom stereocenters. The minimum Gasteiger partial charge on any atom is -0.359 e. The molecule has 8 nitrogen and oxygen atoms in total. The van der Waals surface area contributed by atoms with Crippen LogP contribution in [0.3, 0.4) is 0 Å². The Morgan fingerprint density at radius 2 is 1.16 bits per heavy atom. The minimum absolute atomic E-state index is 0.00573. The molecule has 2 saturated heterocycles. The van der Waals surface area contributed by atoms with Crippen molar-refractivity contribution >= 4 is 31.6 Å². The van der Waals surface area contributed by atoms with Crippen molar-refractivity contribution in [3.63, 3.8) is 0 Å². The van der Waals surface area contributed by atoms with Gasteiger partial charge in [-0.1, -0.05) is 62.4 Å². The van der Waals surface area contributed by atoms with Gasteiger partial charge in [-0.3, -0.25) is 9.97 Å². The van der Waals surface area contributed by atoms with Gasteiger partial charge in [-0.15, -0.1) is 0 Å². The molecular formula is C59H70N4O4S. The summed E-state index contributed by atoms with van der Waals surface area (Å²) in [6.45, 7) is 5.06. The average molecular weight is 931 g/mol. The van der Waals surface area contributed by atoms with E-state index in [2.05, 4.69) is 109 Å². The predicted octanol–water partition coefficient (Wildman–Crippen LogP) is 11.8. The lowest BCUT2D eigenvalue weighted by atomic mass is 9.58. The molecule has 6 fully saturated rings. The summed E-state index contributed by atoms with van der Waals surface area (Å²) in [7, 11) is 0.635. The van der Waals surface area contributed by atoms with Crippen LogP contribution in [0, 0.1) is 22.7 Å². The van der Waals surface area contributed by atoms with Crippen LogP contribution in [-0.4, -0.2) is 77.5 Å². The number of pyridine rings is 2. The molecule has 14 rings (SSSR count). The van der Waals surface area contributed by atoms with Crippen LogP contribution in [0.4, 0.5) is 0 Å². The van der Waals surface area contributed by atoms with Crippen molar-refractivity contribution in [1.29, 1.82) is 0 Å². The fraction of sp³-hybridized carbons (Fsp3) is 0.559. The average Bonchev–Trinajstić information content (AvgIpc) is 4.08. The minimum atomic E-state index is -3.22. The Morgan fingerprint density at radius 1 is 0.647 bits per heavy atom. The molecule has 2 aromatic heterocycles. The van der Waals surface area contributed by atoms with E-state index in [0.29, 0.717) is 29.7 Å². The number of benzene rings is 2. The smallest absolute Gasteiger partial charge is 0.211 e. The van der Waals surface area contributed by atoms with E-state index in [1.165, 1.54) is 113 Å². The Kier molecular flexibility index (Phi) is 9.87. The molecule has 4 bridgehead atoms. The number of nitrogens with zero attached hydrogens (tertiary/aromatic N) is 3. The summed E-state index contributed by atoms with van der Waals surface area (Å²) in [5.74, 6) is 2.17. The van der Waals surface area contributed by atoms with E-state index >= 15 is 0 Å². The quantitative estimate of drug-likeness (QED) is 0.213. The fourth-order valence-electron chi connectivity index (χ4n) is 17.4. The third kappa shape index (κ3) is 6.26. The van der Waals surface area contributed by atoms with Gasteiger partial charge in [-0.2, -0.15) is 0 Å². The largest absolute Gasteiger partial charge is 0.359 e. The first kappa shape index (κ1) is 44.0. The maximum atomic E-state index is 12.3. The first-order valence-corrected chi connectivity index (χ1v) is 28.1. The summed E-state index contributed by atoms with van der Waals surface area (Å²) < 4.78 is 40.9. The third-order valence-electron chi connectivity index (χ3n) is 20.9. The number of allylic oxidation sites excluding steroid dienone is 2. The Bertz CT molecular complexity index is 3000. The van der Waals surface area contributed by atoms with E-state index in [9.17, 15) is 8.42 Å². The van der Waals surface area contributed by atoms with Crippen molar-refractivity contribution in [2.75, 3.05) is 20.4 Å². The van der Waals surface area contributed by atoms with Crippen LogP contribution in [0.1, 0.15) is 140 Å². The monoisotopic (exact) mass is 931 g/mol. The molecule has 0 radical (unpaired) electrons. The lowest BCUT2D eigenvalue weighted by molar-refractivity contribution is -0.138. The second kappa shape index (κ2) is 15.3. The number of sulfonamides is 1. The molecule has 6 aliphatic carbocycles. The van der Waals surface area contributed by atoms with Crippen LogP contribution < -0.4 is 5.32 Å². The lowest BCUT2D eigenvalue weighted by Gasteiger charge is -2.54. The molecule has 4 saturated carbocycles. The first-order chi connectivity index (χ1) is 32.7. The Morgan fingerprint density at radius 3 is 1.68 bits per heavy atom. The summed E-state index contributed by atoms with van der Waals surface area (Å²) in [6.07, 6.45) is 37.0. The Hall–Kier alpha value is -3.99. The molecular weight excluding hydrogens is 861 g/mol. The van der Waals surface area contributed by atoms with E-state index in [0.717, 1.165) is 44.9 Å². The standard InChI is InChI=1S/C30H36N2O3S.C29H34N2O/c1-28-12-10-24-17-23-6-7-25(32(2)36(3,33)34)18-29(23)13-14-30(24,35-29)27(28)9-8-26(28)21-5-4-20-11-15-31-19-22(20)16-21;1-27-11-9-23-16-22-5-6-24(30-2)17-28(22)12-13-29(23,32-28)26(27)8-7-25(27)20-4-3-19-10-14-31-18-21(19)15-20/h4-5,10-11,15-17,19,25-27H,6-9,12-14,18H2,1-3H3;3-4,9-10,14-16,18,24-26,30H,5-8,11-13,17H2,1-2H3/t25-,26-,27-,28-,29-,30-;24-,25-,26-,27-,28-,29-/m11/s1. The highest BCUT2D eigenvalue weighted by atomic mass is 32.2. The van der Waals surface area contributed by atoms with Gasteiger partial charge >= 0.3 is 0 Å². The van der Waals surface area contributed by atoms with Crippen LogP contribution >= 0.6 is 0 Å². The zero-order valence-electron chi connectivity index (χ0n) is 40.9. The molecule has 9 heteroatoms. The SMILES string of the molecule is CN([C@@H]1CCC2=CC3=CC[C@]4(C)[C@@H](c5ccc6ccncc6c5)CC[C@H]4[C@@]34CC[C@]2(C1)O4)S(C)(=O)=O.CN[C@@H]1CCC2=CC3=CC[C@]4(C)[C@@H](c5ccc6ccncc6c5)CC[C@H]4[C@@]34CC[C@]2(C1)O4. The van der Waals surface area contributed by atoms with Crippen molar-refractivity contribution in [2.24, 2.45) is 22.7 Å². The van der Waals surface area contributed by atoms with Crippen LogP contribution in [-0.2, 0) is 19.5 Å². The second-order valence-corrected chi connectivity index (χ2v) is 25.8. The van der Waals surface area contributed by atoms with E-state index in [1.54, 1.807) is 16.9 Å². The van der Waals surface area contributed by atoms with Crippen molar-refractivity contribution in [1.82, 2.24) is 19.6 Å². The number of fused-ring (bicyclic) bond motifs is 4. The number of ether oxygens (including phenoxy) is 2. The number of nitrogens with one attached hydrogen (secondary N) is 1. The molecule has 1 N–H and O–H groups in total. The van der Waals surface area contributed by atoms with Crippen LogP contribution in [0.15, 0.2) is 120 Å². The van der Waals surface area contributed by atoms with Gasteiger partial charge in [-0.25, -0.2) is 12.7 Å². The zero-order valence-corrected chi connectivity index (χ0v) is 41.7. The van der Waals surface area contributed by atoms with E-state index in [-0.39, 0.29) is 39.3 Å². The lowest BCUT2D eigenvalue weighted by Crippen LogP contribution is -2.55.